The van der Waals surface area contributed by atoms with Crippen LogP contribution in [0.1, 0.15) is 25.8 Å². The van der Waals surface area contributed by atoms with E-state index in [-0.39, 0.29) is 0 Å². The summed E-state index contributed by atoms with van der Waals surface area (Å²) in [5.74, 6) is 0.800. The van der Waals surface area contributed by atoms with E-state index < -0.39 is 0 Å². The second kappa shape index (κ2) is 7.12. The van der Waals surface area contributed by atoms with Gasteiger partial charge in [-0.3, -0.25) is 0 Å². The Morgan fingerprint density at radius 2 is 2.12 bits per heavy atom. The van der Waals surface area contributed by atoms with Crippen molar-refractivity contribution >= 4 is 5.69 Å². The standard InChI is InChI=1S/C13H22N2O/c1-3-9-16-13-6-5-11(10-12(13)14)7-8-15-4-2/h5-6,10,15H,3-4,7-9,14H2,1-2H3. The molecule has 1 aromatic carbocycles. The predicted molar refractivity (Wildman–Crippen MR) is 68.9 cm³/mol. The second-order valence-corrected chi connectivity index (χ2v) is 3.82. The number of likely N-dealkylation sites (N-methyl/N-ethyl adjacent to an activating group) is 1. The molecule has 0 aliphatic carbocycles. The van der Waals surface area contributed by atoms with E-state index in [4.69, 9.17) is 10.5 Å². The monoisotopic (exact) mass is 222 g/mol. The number of benzene rings is 1. The molecule has 0 saturated carbocycles. The Morgan fingerprint density at radius 3 is 2.75 bits per heavy atom. The summed E-state index contributed by atoms with van der Waals surface area (Å²) in [5, 5.41) is 3.29. The molecule has 90 valence electrons. The van der Waals surface area contributed by atoms with E-state index in [9.17, 15) is 0 Å². The predicted octanol–water partition coefficient (Wildman–Crippen LogP) is 2.21. The minimum Gasteiger partial charge on any atom is -0.491 e. The quantitative estimate of drug-likeness (QED) is 0.549. The van der Waals surface area contributed by atoms with E-state index in [1.165, 1.54) is 5.56 Å². The lowest BCUT2D eigenvalue weighted by Gasteiger charge is -2.09. The molecule has 0 spiro atoms. The van der Waals surface area contributed by atoms with Crippen LogP contribution in [0.25, 0.3) is 0 Å². The van der Waals surface area contributed by atoms with Crippen LogP contribution in [0.4, 0.5) is 5.69 Å². The number of nitrogen functional groups attached to an aromatic ring is 1. The molecule has 1 aromatic rings. The molecule has 3 heteroatoms. The maximum atomic E-state index is 5.92. The lowest BCUT2D eigenvalue weighted by molar-refractivity contribution is 0.319. The van der Waals surface area contributed by atoms with E-state index in [1.54, 1.807) is 0 Å². The Hall–Kier alpha value is -1.22. The number of ether oxygens (including phenoxy) is 1. The van der Waals surface area contributed by atoms with Gasteiger partial charge in [-0.15, -0.1) is 0 Å². The molecule has 3 nitrogen and oxygen atoms in total. The van der Waals surface area contributed by atoms with Crippen molar-refractivity contribution in [2.24, 2.45) is 0 Å². The van der Waals surface area contributed by atoms with Crippen molar-refractivity contribution in [3.63, 3.8) is 0 Å². The van der Waals surface area contributed by atoms with Crippen molar-refractivity contribution in [2.45, 2.75) is 26.7 Å². The summed E-state index contributed by atoms with van der Waals surface area (Å²) in [4.78, 5) is 0. The Morgan fingerprint density at radius 1 is 1.31 bits per heavy atom. The van der Waals surface area contributed by atoms with Crippen LogP contribution in [0.2, 0.25) is 0 Å². The number of anilines is 1. The van der Waals surface area contributed by atoms with Crippen LogP contribution < -0.4 is 15.8 Å². The number of hydrogen-bond acceptors (Lipinski definition) is 3. The highest BCUT2D eigenvalue weighted by molar-refractivity contribution is 5.54. The Kier molecular flexibility index (Phi) is 5.72. The average molecular weight is 222 g/mol. The number of nitrogens with one attached hydrogen (secondary N) is 1. The molecule has 0 atom stereocenters. The minimum atomic E-state index is 0.723. The summed E-state index contributed by atoms with van der Waals surface area (Å²) in [6.45, 7) is 6.91. The zero-order valence-electron chi connectivity index (χ0n) is 10.3. The van der Waals surface area contributed by atoms with Crippen molar-refractivity contribution in [3.05, 3.63) is 23.8 Å². The minimum absolute atomic E-state index is 0.723. The normalized spacial score (nSPS) is 10.4. The van der Waals surface area contributed by atoms with Crippen LogP contribution >= 0.6 is 0 Å². The van der Waals surface area contributed by atoms with Gasteiger partial charge in [0.05, 0.1) is 12.3 Å². The van der Waals surface area contributed by atoms with Crippen molar-refractivity contribution < 1.29 is 4.74 Å². The van der Waals surface area contributed by atoms with Gasteiger partial charge in [-0.25, -0.2) is 0 Å². The molecule has 0 amide bonds. The molecular formula is C13H22N2O. The Balaban J connectivity index is 2.53. The molecule has 0 unspecified atom stereocenters. The third kappa shape index (κ3) is 4.11. The molecule has 0 fully saturated rings. The summed E-state index contributed by atoms with van der Waals surface area (Å²) < 4.78 is 5.53. The molecule has 0 saturated heterocycles. The molecule has 0 heterocycles. The van der Waals surface area contributed by atoms with Crippen LogP contribution in [-0.4, -0.2) is 19.7 Å². The summed E-state index contributed by atoms with van der Waals surface area (Å²) in [7, 11) is 0. The molecule has 0 bridgehead atoms. The van der Waals surface area contributed by atoms with E-state index in [0.29, 0.717) is 0 Å². The van der Waals surface area contributed by atoms with Crippen LogP contribution in [0.5, 0.6) is 5.75 Å². The fourth-order valence-corrected chi connectivity index (χ4v) is 1.51. The SMILES string of the molecule is CCCOc1ccc(CCNCC)cc1N. The van der Waals surface area contributed by atoms with E-state index in [1.807, 2.05) is 12.1 Å². The highest BCUT2D eigenvalue weighted by Gasteiger charge is 2.01. The number of rotatable bonds is 7. The molecule has 0 aliphatic rings. The first kappa shape index (κ1) is 12.8. The first-order valence-electron chi connectivity index (χ1n) is 5.99. The number of hydrogen-bond donors (Lipinski definition) is 2. The van der Waals surface area contributed by atoms with Crippen LogP contribution in [0.15, 0.2) is 18.2 Å². The molecule has 3 N–H and O–H groups in total. The molecule has 0 radical (unpaired) electrons. The van der Waals surface area contributed by atoms with Crippen molar-refractivity contribution in [3.8, 4) is 5.75 Å². The first-order chi connectivity index (χ1) is 7.77. The maximum Gasteiger partial charge on any atom is 0.142 e. The third-order valence-corrected chi connectivity index (χ3v) is 2.38. The van der Waals surface area contributed by atoms with Gasteiger partial charge in [-0.2, -0.15) is 0 Å². The average Bonchev–Trinajstić information content (AvgIpc) is 2.28. The largest absolute Gasteiger partial charge is 0.491 e. The molecular weight excluding hydrogens is 200 g/mol. The van der Waals surface area contributed by atoms with E-state index in [2.05, 4.69) is 25.2 Å². The van der Waals surface area contributed by atoms with Gasteiger partial charge >= 0.3 is 0 Å². The van der Waals surface area contributed by atoms with Crippen LogP contribution in [0.3, 0.4) is 0 Å². The number of nitrogens with two attached hydrogens (primary N) is 1. The summed E-state index contributed by atoms with van der Waals surface area (Å²) in [6, 6.07) is 6.05. The summed E-state index contributed by atoms with van der Waals surface area (Å²) >= 11 is 0. The third-order valence-electron chi connectivity index (χ3n) is 2.38. The zero-order chi connectivity index (χ0) is 11.8. The van der Waals surface area contributed by atoms with Crippen molar-refractivity contribution in [1.29, 1.82) is 0 Å². The van der Waals surface area contributed by atoms with Gasteiger partial charge in [-0.1, -0.05) is 19.9 Å². The zero-order valence-corrected chi connectivity index (χ0v) is 10.3. The first-order valence-corrected chi connectivity index (χ1v) is 5.99. The lowest BCUT2D eigenvalue weighted by atomic mass is 10.1. The van der Waals surface area contributed by atoms with Gasteiger partial charge < -0.3 is 15.8 Å². The summed E-state index contributed by atoms with van der Waals surface area (Å²) in [5.41, 5.74) is 7.91. The highest BCUT2D eigenvalue weighted by Crippen LogP contribution is 2.22. The smallest absolute Gasteiger partial charge is 0.142 e. The molecule has 16 heavy (non-hydrogen) atoms. The van der Waals surface area contributed by atoms with Crippen molar-refractivity contribution in [2.75, 3.05) is 25.4 Å². The van der Waals surface area contributed by atoms with Gasteiger partial charge in [0.25, 0.3) is 0 Å². The second-order valence-electron chi connectivity index (χ2n) is 3.82. The molecule has 0 aromatic heterocycles. The van der Waals surface area contributed by atoms with Gasteiger partial charge in [0.1, 0.15) is 5.75 Å². The highest BCUT2D eigenvalue weighted by atomic mass is 16.5. The van der Waals surface area contributed by atoms with Gasteiger partial charge in [0, 0.05) is 0 Å². The van der Waals surface area contributed by atoms with Crippen LogP contribution in [0, 0.1) is 0 Å². The Bertz CT molecular complexity index is 313. The Labute approximate surface area is 98.0 Å². The lowest BCUT2D eigenvalue weighted by Crippen LogP contribution is -2.16. The van der Waals surface area contributed by atoms with Gasteiger partial charge in [0.2, 0.25) is 0 Å². The van der Waals surface area contributed by atoms with E-state index in [0.717, 1.165) is 44.0 Å². The van der Waals surface area contributed by atoms with Gasteiger partial charge in [-0.05, 0) is 43.6 Å². The molecule has 0 aliphatic heterocycles. The fraction of sp³-hybridized carbons (Fsp3) is 0.538. The van der Waals surface area contributed by atoms with Gasteiger partial charge in [0.15, 0.2) is 0 Å². The maximum absolute atomic E-state index is 5.92. The van der Waals surface area contributed by atoms with Crippen molar-refractivity contribution in [1.82, 2.24) is 5.32 Å². The molecule has 1 rings (SSSR count). The van der Waals surface area contributed by atoms with E-state index >= 15 is 0 Å². The fourth-order valence-electron chi connectivity index (χ4n) is 1.51. The topological polar surface area (TPSA) is 47.3 Å². The summed E-state index contributed by atoms with van der Waals surface area (Å²) in [6.07, 6.45) is 2.01. The van der Waals surface area contributed by atoms with Crippen LogP contribution in [-0.2, 0) is 6.42 Å².